The summed E-state index contributed by atoms with van der Waals surface area (Å²) in [7, 11) is 1.72. The molecule has 0 saturated carbocycles. The van der Waals surface area contributed by atoms with Crippen LogP contribution in [-0.2, 0) is 12.8 Å². The van der Waals surface area contributed by atoms with E-state index in [0.717, 1.165) is 37.1 Å². The van der Waals surface area contributed by atoms with Gasteiger partial charge in [-0.3, -0.25) is 4.98 Å². The van der Waals surface area contributed by atoms with E-state index in [4.69, 9.17) is 9.72 Å². The molecule has 2 heteroatoms. The maximum Gasteiger partial charge on any atom is 0.119 e. The Bertz CT molecular complexity index is 575. The Morgan fingerprint density at radius 3 is 2.42 bits per heavy atom. The topological polar surface area (TPSA) is 22.1 Å². The van der Waals surface area contributed by atoms with E-state index in [1.807, 2.05) is 6.07 Å². The predicted octanol–water partition coefficient (Wildman–Crippen LogP) is 4.46. The van der Waals surface area contributed by atoms with Crippen molar-refractivity contribution in [1.29, 1.82) is 0 Å². The molecule has 0 amide bonds. The Kier molecular flexibility index (Phi) is 4.41. The highest BCUT2D eigenvalue weighted by molar-refractivity contribution is 5.89. The van der Waals surface area contributed by atoms with Crippen molar-refractivity contribution in [3.8, 4) is 5.75 Å². The maximum atomic E-state index is 5.37. The molecule has 0 aliphatic carbocycles. The van der Waals surface area contributed by atoms with Crippen molar-refractivity contribution in [3.05, 3.63) is 35.2 Å². The monoisotopic (exact) mass is 257 g/mol. The SMILES string of the molecule is CCCc1nc(C)c2ccc(OC)cc2c1CCC. The van der Waals surface area contributed by atoms with Crippen molar-refractivity contribution >= 4 is 10.8 Å². The summed E-state index contributed by atoms with van der Waals surface area (Å²) >= 11 is 0. The van der Waals surface area contributed by atoms with Crippen LogP contribution in [0.2, 0.25) is 0 Å². The van der Waals surface area contributed by atoms with Gasteiger partial charge >= 0.3 is 0 Å². The van der Waals surface area contributed by atoms with Gasteiger partial charge in [0.25, 0.3) is 0 Å². The highest BCUT2D eigenvalue weighted by Crippen LogP contribution is 2.29. The Hall–Kier alpha value is -1.57. The second-order valence-corrected chi connectivity index (χ2v) is 5.03. The summed E-state index contributed by atoms with van der Waals surface area (Å²) in [5, 5.41) is 2.57. The third kappa shape index (κ3) is 2.73. The van der Waals surface area contributed by atoms with Crippen molar-refractivity contribution in [2.75, 3.05) is 7.11 Å². The van der Waals surface area contributed by atoms with Gasteiger partial charge in [0.1, 0.15) is 5.75 Å². The van der Waals surface area contributed by atoms with Crippen LogP contribution in [0.5, 0.6) is 5.75 Å². The molecule has 2 rings (SSSR count). The Balaban J connectivity index is 2.71. The van der Waals surface area contributed by atoms with E-state index < -0.39 is 0 Å². The lowest BCUT2D eigenvalue weighted by molar-refractivity contribution is 0.415. The molecule has 102 valence electrons. The first-order valence-corrected chi connectivity index (χ1v) is 7.17. The average Bonchev–Trinajstić information content (AvgIpc) is 2.43. The van der Waals surface area contributed by atoms with Gasteiger partial charge in [0.15, 0.2) is 0 Å². The van der Waals surface area contributed by atoms with Crippen molar-refractivity contribution in [1.82, 2.24) is 4.98 Å². The zero-order valence-corrected chi connectivity index (χ0v) is 12.4. The average molecular weight is 257 g/mol. The van der Waals surface area contributed by atoms with Crippen molar-refractivity contribution in [3.63, 3.8) is 0 Å². The lowest BCUT2D eigenvalue weighted by atomic mass is 9.96. The van der Waals surface area contributed by atoms with Gasteiger partial charge in [-0.15, -0.1) is 0 Å². The van der Waals surface area contributed by atoms with E-state index in [1.54, 1.807) is 7.11 Å². The molecule has 0 fully saturated rings. The molecule has 1 heterocycles. The van der Waals surface area contributed by atoms with Crippen molar-refractivity contribution in [2.45, 2.75) is 46.5 Å². The molecule has 0 aliphatic heterocycles. The van der Waals surface area contributed by atoms with Crippen LogP contribution in [0.1, 0.15) is 43.6 Å². The van der Waals surface area contributed by atoms with Gasteiger partial charge in [0.05, 0.1) is 7.11 Å². The van der Waals surface area contributed by atoms with Crippen LogP contribution in [0.15, 0.2) is 18.2 Å². The molecule has 0 aliphatic rings. The molecule has 2 nitrogen and oxygen atoms in total. The molecule has 1 aromatic carbocycles. The van der Waals surface area contributed by atoms with Gasteiger partial charge in [-0.1, -0.05) is 26.7 Å². The van der Waals surface area contributed by atoms with E-state index in [1.165, 1.54) is 22.0 Å². The van der Waals surface area contributed by atoms with Gasteiger partial charge in [0, 0.05) is 16.8 Å². The van der Waals surface area contributed by atoms with E-state index in [0.29, 0.717) is 0 Å². The summed E-state index contributed by atoms with van der Waals surface area (Å²) in [5.41, 5.74) is 3.80. The van der Waals surface area contributed by atoms with E-state index in [9.17, 15) is 0 Å². The zero-order chi connectivity index (χ0) is 13.8. The fraction of sp³-hybridized carbons (Fsp3) is 0.471. The van der Waals surface area contributed by atoms with Gasteiger partial charge in [-0.05, 0) is 48.9 Å². The number of ether oxygens (including phenoxy) is 1. The molecule has 2 aromatic rings. The largest absolute Gasteiger partial charge is 0.497 e. The number of fused-ring (bicyclic) bond motifs is 1. The molecule has 0 atom stereocenters. The summed E-state index contributed by atoms with van der Waals surface area (Å²) in [4.78, 5) is 4.82. The molecule has 19 heavy (non-hydrogen) atoms. The third-order valence-corrected chi connectivity index (χ3v) is 3.58. The molecular weight excluding hydrogens is 234 g/mol. The normalized spacial score (nSPS) is 10.9. The summed E-state index contributed by atoms with van der Waals surface area (Å²) in [6.07, 6.45) is 4.43. The van der Waals surface area contributed by atoms with Gasteiger partial charge in [-0.25, -0.2) is 0 Å². The molecule has 0 unspecified atom stereocenters. The number of aryl methyl sites for hydroxylation is 3. The first-order chi connectivity index (χ1) is 9.21. The molecule has 0 N–H and O–H groups in total. The number of nitrogens with zero attached hydrogens (tertiary/aromatic N) is 1. The standard InChI is InChI=1S/C17H23NO/c1-5-7-15-16-11-13(19-4)9-10-14(16)12(3)18-17(15)8-6-2/h9-11H,5-8H2,1-4H3. The highest BCUT2D eigenvalue weighted by atomic mass is 16.5. The smallest absolute Gasteiger partial charge is 0.119 e. The molecule has 0 saturated heterocycles. The first-order valence-electron chi connectivity index (χ1n) is 7.17. The zero-order valence-electron chi connectivity index (χ0n) is 12.4. The Labute approximate surface area is 115 Å². The van der Waals surface area contributed by atoms with E-state index in [-0.39, 0.29) is 0 Å². The fourth-order valence-corrected chi connectivity index (χ4v) is 2.67. The molecule has 0 radical (unpaired) electrons. The summed E-state index contributed by atoms with van der Waals surface area (Å²) in [6, 6.07) is 6.31. The Morgan fingerprint density at radius 1 is 1.05 bits per heavy atom. The molecule has 0 bridgehead atoms. The van der Waals surface area contributed by atoms with Crippen LogP contribution < -0.4 is 4.74 Å². The molecule has 0 spiro atoms. The number of hydrogen-bond donors (Lipinski definition) is 0. The predicted molar refractivity (Wildman–Crippen MR) is 81.0 cm³/mol. The van der Waals surface area contributed by atoms with Crippen LogP contribution in [0.25, 0.3) is 10.8 Å². The van der Waals surface area contributed by atoms with Crippen LogP contribution in [0, 0.1) is 6.92 Å². The number of benzene rings is 1. The fourth-order valence-electron chi connectivity index (χ4n) is 2.67. The first kappa shape index (κ1) is 13.9. The minimum atomic E-state index is 0.929. The van der Waals surface area contributed by atoms with Gasteiger partial charge < -0.3 is 4.74 Å². The number of aromatic nitrogens is 1. The summed E-state index contributed by atoms with van der Waals surface area (Å²) < 4.78 is 5.37. The highest BCUT2D eigenvalue weighted by Gasteiger charge is 2.11. The minimum Gasteiger partial charge on any atom is -0.497 e. The van der Waals surface area contributed by atoms with Crippen LogP contribution >= 0.6 is 0 Å². The van der Waals surface area contributed by atoms with Crippen LogP contribution in [0.4, 0.5) is 0 Å². The van der Waals surface area contributed by atoms with Crippen molar-refractivity contribution < 1.29 is 4.74 Å². The second kappa shape index (κ2) is 6.05. The molecule has 1 aromatic heterocycles. The number of rotatable bonds is 5. The van der Waals surface area contributed by atoms with Crippen molar-refractivity contribution in [2.24, 2.45) is 0 Å². The second-order valence-electron chi connectivity index (χ2n) is 5.03. The van der Waals surface area contributed by atoms with Crippen LogP contribution in [0.3, 0.4) is 0 Å². The maximum absolute atomic E-state index is 5.37. The number of methoxy groups -OCH3 is 1. The lowest BCUT2D eigenvalue weighted by Crippen LogP contribution is -2.02. The van der Waals surface area contributed by atoms with E-state index in [2.05, 4.69) is 32.9 Å². The van der Waals surface area contributed by atoms with Crippen LogP contribution in [-0.4, -0.2) is 12.1 Å². The summed E-state index contributed by atoms with van der Waals surface area (Å²) in [5.74, 6) is 0.929. The number of pyridine rings is 1. The Morgan fingerprint density at radius 2 is 1.79 bits per heavy atom. The minimum absolute atomic E-state index is 0.929. The van der Waals surface area contributed by atoms with Gasteiger partial charge in [0.2, 0.25) is 0 Å². The van der Waals surface area contributed by atoms with Gasteiger partial charge in [-0.2, -0.15) is 0 Å². The molecular formula is C17H23NO. The quantitative estimate of drug-likeness (QED) is 0.789. The summed E-state index contributed by atoms with van der Waals surface area (Å²) in [6.45, 7) is 6.54. The van der Waals surface area contributed by atoms with E-state index >= 15 is 0 Å². The number of hydrogen-bond acceptors (Lipinski definition) is 2. The third-order valence-electron chi connectivity index (χ3n) is 3.58. The lowest BCUT2D eigenvalue weighted by Gasteiger charge is -2.14.